The van der Waals surface area contributed by atoms with Crippen LogP contribution in [0, 0.1) is 0 Å². The van der Waals surface area contributed by atoms with Crippen LogP contribution in [0.1, 0.15) is 13.8 Å². The summed E-state index contributed by atoms with van der Waals surface area (Å²) in [6.45, 7) is 7.28. The van der Waals surface area contributed by atoms with E-state index in [1.807, 2.05) is 0 Å². The van der Waals surface area contributed by atoms with Gasteiger partial charge < -0.3 is 5.32 Å². The molecule has 6 nitrogen and oxygen atoms in total. The van der Waals surface area contributed by atoms with Crippen LogP contribution < -0.4 is 10.9 Å². The number of hydrogen-bond acceptors (Lipinski definition) is 5. The molecule has 0 atom stereocenters. The summed E-state index contributed by atoms with van der Waals surface area (Å²) in [6, 6.07) is 0. The highest BCUT2D eigenvalue weighted by Crippen LogP contribution is 2.20. The first-order chi connectivity index (χ1) is 9.10. The third-order valence-corrected chi connectivity index (χ3v) is 5.91. The highest BCUT2D eigenvalue weighted by atomic mass is 79.9. The Hall–Kier alpha value is -1.15. The predicted octanol–water partition coefficient (Wildman–Crippen LogP) is 1.43. The van der Waals surface area contributed by atoms with Gasteiger partial charge in [-0.3, -0.25) is 4.79 Å². The van der Waals surface area contributed by atoms with Crippen LogP contribution in [0.4, 0.5) is 5.69 Å². The van der Waals surface area contributed by atoms with E-state index in [9.17, 15) is 13.2 Å². The zero-order valence-electron chi connectivity index (χ0n) is 11.7. The molecule has 1 N–H and O–H groups in total. The maximum absolute atomic E-state index is 11.9. The number of halogens is 1. The Morgan fingerprint density at radius 2 is 2.15 bits per heavy atom. The molecule has 0 bridgehead atoms. The summed E-state index contributed by atoms with van der Waals surface area (Å²) in [5.41, 5.74) is 0.166. The van der Waals surface area contributed by atoms with Crippen molar-refractivity contribution in [2.45, 2.75) is 25.1 Å². The SMILES string of the molecule is C=CCn1ncc(NCC(C)(C)S(C)(=O)=O)c(Br)c1=O. The van der Waals surface area contributed by atoms with E-state index in [-0.39, 0.29) is 12.1 Å². The van der Waals surface area contributed by atoms with Crippen molar-refractivity contribution in [3.63, 3.8) is 0 Å². The molecule has 0 radical (unpaired) electrons. The fourth-order valence-corrected chi connectivity index (χ4v) is 2.06. The Kier molecular flexibility index (Phi) is 5.15. The molecule has 1 aromatic rings. The average molecular weight is 364 g/mol. The second kappa shape index (κ2) is 6.09. The van der Waals surface area contributed by atoms with Crippen molar-refractivity contribution in [3.05, 3.63) is 33.7 Å². The monoisotopic (exact) mass is 363 g/mol. The predicted molar refractivity (Wildman–Crippen MR) is 83.8 cm³/mol. The molecule has 0 aliphatic carbocycles. The first-order valence-electron chi connectivity index (χ1n) is 5.90. The van der Waals surface area contributed by atoms with Crippen molar-refractivity contribution in [3.8, 4) is 0 Å². The molecule has 0 fully saturated rings. The molecule has 112 valence electrons. The number of hydrogen-bond donors (Lipinski definition) is 1. The quantitative estimate of drug-likeness (QED) is 0.773. The van der Waals surface area contributed by atoms with Crippen LogP contribution in [0.25, 0.3) is 0 Å². The van der Waals surface area contributed by atoms with E-state index >= 15 is 0 Å². The second-order valence-electron chi connectivity index (χ2n) is 5.03. The lowest BCUT2D eigenvalue weighted by molar-refractivity contribution is 0.559. The van der Waals surface area contributed by atoms with Gasteiger partial charge in [0.15, 0.2) is 9.84 Å². The van der Waals surface area contributed by atoms with Gasteiger partial charge >= 0.3 is 0 Å². The lowest BCUT2D eigenvalue weighted by Crippen LogP contribution is -2.38. The molecule has 0 amide bonds. The van der Waals surface area contributed by atoms with Gasteiger partial charge in [-0.1, -0.05) is 6.08 Å². The van der Waals surface area contributed by atoms with Crippen molar-refractivity contribution < 1.29 is 8.42 Å². The smallest absolute Gasteiger partial charge is 0.283 e. The Labute approximate surface area is 126 Å². The van der Waals surface area contributed by atoms with Gasteiger partial charge in [0.1, 0.15) is 4.47 Å². The van der Waals surface area contributed by atoms with E-state index < -0.39 is 14.6 Å². The summed E-state index contributed by atoms with van der Waals surface area (Å²) in [4.78, 5) is 11.9. The zero-order valence-corrected chi connectivity index (χ0v) is 14.1. The summed E-state index contributed by atoms with van der Waals surface area (Å²) in [5.74, 6) is 0. The number of rotatable bonds is 6. The second-order valence-corrected chi connectivity index (χ2v) is 8.48. The van der Waals surface area contributed by atoms with Crippen molar-refractivity contribution in [2.75, 3.05) is 18.1 Å². The van der Waals surface area contributed by atoms with E-state index in [0.29, 0.717) is 16.7 Å². The lowest BCUT2D eigenvalue weighted by Gasteiger charge is -2.23. The number of allylic oxidation sites excluding steroid dienone is 1. The Balaban J connectivity index is 2.99. The van der Waals surface area contributed by atoms with Crippen molar-refractivity contribution in [1.82, 2.24) is 9.78 Å². The van der Waals surface area contributed by atoms with Gasteiger partial charge in [0.25, 0.3) is 5.56 Å². The van der Waals surface area contributed by atoms with Crippen LogP contribution in [0.2, 0.25) is 0 Å². The standard InChI is InChI=1S/C12H18BrN3O3S/c1-5-6-16-11(17)10(13)9(7-15-16)14-8-12(2,3)20(4,18)19/h5,7,14H,1,6,8H2,2-4H3. The number of anilines is 1. The fraction of sp³-hybridized carbons (Fsp3) is 0.500. The Bertz CT molecular complexity index is 665. The van der Waals surface area contributed by atoms with E-state index in [4.69, 9.17) is 0 Å². The van der Waals surface area contributed by atoms with Gasteiger partial charge in [0.2, 0.25) is 0 Å². The van der Waals surface area contributed by atoms with Crippen molar-refractivity contribution >= 4 is 31.5 Å². The van der Waals surface area contributed by atoms with Crippen LogP contribution >= 0.6 is 15.9 Å². The summed E-state index contributed by atoms with van der Waals surface area (Å²) >= 11 is 3.20. The molecule has 0 aliphatic heterocycles. The van der Waals surface area contributed by atoms with Gasteiger partial charge in [-0.2, -0.15) is 5.10 Å². The summed E-state index contributed by atoms with van der Waals surface area (Å²) < 4.78 is 23.9. The highest BCUT2D eigenvalue weighted by Gasteiger charge is 2.30. The van der Waals surface area contributed by atoms with Gasteiger partial charge in [0, 0.05) is 12.8 Å². The minimum atomic E-state index is -3.21. The molecular weight excluding hydrogens is 346 g/mol. The van der Waals surface area contributed by atoms with Crippen LogP contribution in [0.15, 0.2) is 28.1 Å². The van der Waals surface area contributed by atoms with Crippen molar-refractivity contribution in [1.29, 1.82) is 0 Å². The molecule has 0 saturated heterocycles. The van der Waals surface area contributed by atoms with E-state index in [1.165, 1.54) is 17.1 Å². The largest absolute Gasteiger partial charge is 0.381 e. The first-order valence-corrected chi connectivity index (χ1v) is 8.58. The minimum absolute atomic E-state index is 0.178. The summed E-state index contributed by atoms with van der Waals surface area (Å²) in [6.07, 6.45) is 4.23. The lowest BCUT2D eigenvalue weighted by atomic mass is 10.2. The topological polar surface area (TPSA) is 81.1 Å². The molecule has 20 heavy (non-hydrogen) atoms. The summed E-state index contributed by atoms with van der Waals surface area (Å²) in [5, 5.41) is 6.92. The fourth-order valence-electron chi connectivity index (χ4n) is 1.28. The van der Waals surface area contributed by atoms with E-state index in [1.54, 1.807) is 19.9 Å². The molecule has 1 rings (SSSR count). The molecular formula is C12H18BrN3O3S. The maximum atomic E-state index is 11.9. The number of nitrogens with zero attached hydrogens (tertiary/aromatic N) is 2. The van der Waals surface area contributed by atoms with Gasteiger partial charge in [-0.05, 0) is 29.8 Å². The number of aromatic nitrogens is 2. The molecule has 0 spiro atoms. The van der Waals surface area contributed by atoms with Crippen LogP contribution in [-0.2, 0) is 16.4 Å². The van der Waals surface area contributed by atoms with E-state index in [0.717, 1.165) is 0 Å². The number of sulfone groups is 1. The number of nitrogens with one attached hydrogen (secondary N) is 1. The van der Waals surface area contributed by atoms with Crippen LogP contribution in [-0.4, -0.2) is 35.7 Å². The molecule has 0 aromatic carbocycles. The molecule has 0 saturated carbocycles. The third-order valence-electron chi connectivity index (χ3n) is 3.00. The van der Waals surface area contributed by atoms with Gasteiger partial charge in [-0.25, -0.2) is 13.1 Å². The third kappa shape index (κ3) is 3.69. The highest BCUT2D eigenvalue weighted by molar-refractivity contribution is 9.10. The molecule has 8 heteroatoms. The van der Waals surface area contributed by atoms with Crippen LogP contribution in [0.5, 0.6) is 0 Å². The first kappa shape index (κ1) is 16.9. The maximum Gasteiger partial charge on any atom is 0.283 e. The van der Waals surface area contributed by atoms with Gasteiger partial charge in [-0.15, -0.1) is 6.58 Å². The molecule has 0 aliphatic rings. The molecule has 0 unspecified atom stereocenters. The van der Waals surface area contributed by atoms with E-state index in [2.05, 4.69) is 32.9 Å². The van der Waals surface area contributed by atoms with Crippen molar-refractivity contribution in [2.24, 2.45) is 0 Å². The average Bonchev–Trinajstić information content (AvgIpc) is 2.33. The molecule has 1 aromatic heterocycles. The van der Waals surface area contributed by atoms with Crippen LogP contribution in [0.3, 0.4) is 0 Å². The Morgan fingerprint density at radius 3 is 2.65 bits per heavy atom. The van der Waals surface area contributed by atoms with Gasteiger partial charge in [0.05, 0.1) is 23.2 Å². The normalized spacial score (nSPS) is 12.2. The Morgan fingerprint density at radius 1 is 1.55 bits per heavy atom. The summed E-state index contributed by atoms with van der Waals surface area (Å²) in [7, 11) is -3.21. The molecule has 1 heterocycles. The zero-order chi connectivity index (χ0) is 15.6. The minimum Gasteiger partial charge on any atom is -0.381 e.